The molecule has 2 rings (SSSR count). The summed E-state index contributed by atoms with van der Waals surface area (Å²) >= 11 is 0. The first-order valence-electron chi connectivity index (χ1n) is 4.68. The first-order valence-corrected chi connectivity index (χ1v) is 4.68. The Bertz CT molecular complexity index is 290. The molecule has 78 valence electrons. The van der Waals surface area contributed by atoms with Crippen LogP contribution < -0.4 is 21.7 Å². The Morgan fingerprint density at radius 1 is 1.33 bits per heavy atom. The van der Waals surface area contributed by atoms with Crippen LogP contribution in [0.4, 0.5) is 4.39 Å². The summed E-state index contributed by atoms with van der Waals surface area (Å²) < 4.78 is 18.3. The van der Waals surface area contributed by atoms with Crippen molar-refractivity contribution in [1.29, 1.82) is 0 Å². The van der Waals surface area contributed by atoms with Crippen LogP contribution in [-0.4, -0.2) is 29.2 Å². The fraction of sp³-hybridized carbons (Fsp3) is 0.455. The summed E-state index contributed by atoms with van der Waals surface area (Å²) in [6.45, 7) is 0. The molecular weight excluding hydrogens is 271 g/mol. The van der Waals surface area contributed by atoms with Gasteiger partial charge in [-0.3, -0.25) is 0 Å². The van der Waals surface area contributed by atoms with Crippen molar-refractivity contribution in [1.82, 2.24) is 0 Å². The van der Waals surface area contributed by atoms with Gasteiger partial charge in [0.1, 0.15) is 0 Å². The molecule has 0 radical (unpaired) electrons. The third-order valence-electron chi connectivity index (χ3n) is 2.33. The fourth-order valence-electron chi connectivity index (χ4n) is 1.67. The minimum Gasteiger partial charge on any atom is -1.00 e. The monoisotopic (exact) mass is 282 g/mol. The first-order chi connectivity index (χ1) is 6.34. The van der Waals surface area contributed by atoms with Crippen LogP contribution in [0.3, 0.4) is 0 Å². The third kappa shape index (κ3) is 4.70. The zero-order valence-electron chi connectivity index (χ0n) is 8.51. The number of hydrogen-bond donors (Lipinski definition) is 0. The Morgan fingerprint density at radius 3 is 2.60 bits per heavy atom. The van der Waals surface area contributed by atoms with E-state index in [0.717, 1.165) is 12.8 Å². The molecule has 0 amide bonds. The predicted molar refractivity (Wildman–Crippen MR) is 53.9 cm³/mol. The largest absolute Gasteiger partial charge is 2.00 e. The van der Waals surface area contributed by atoms with E-state index in [4.69, 9.17) is 4.74 Å². The average Bonchev–Trinajstić information content (AvgIpc) is 2.57. The van der Waals surface area contributed by atoms with E-state index < -0.39 is 0 Å². The maximum Gasteiger partial charge on any atom is 2.00 e. The van der Waals surface area contributed by atoms with Crippen LogP contribution in [0.25, 0.3) is 0 Å². The van der Waals surface area contributed by atoms with E-state index in [0.29, 0.717) is 5.75 Å². The van der Waals surface area contributed by atoms with Gasteiger partial charge in [-0.05, 0) is 25.7 Å². The van der Waals surface area contributed by atoms with Gasteiger partial charge in [0.05, 0.1) is 6.10 Å². The SMILES string of the molecule is Fc1cc[c-]c(OC2CCCC2)c1.[Br-].[Mg+2]. The van der Waals surface area contributed by atoms with E-state index in [1.807, 2.05) is 0 Å². The molecule has 0 atom stereocenters. The Kier molecular flexibility index (Phi) is 7.56. The van der Waals surface area contributed by atoms with Gasteiger partial charge in [0, 0.05) is 11.6 Å². The van der Waals surface area contributed by atoms with Crippen LogP contribution >= 0.6 is 0 Å². The maximum absolute atomic E-state index is 12.7. The number of benzene rings is 1. The summed E-state index contributed by atoms with van der Waals surface area (Å²) in [5.41, 5.74) is 0. The van der Waals surface area contributed by atoms with Crippen molar-refractivity contribution < 1.29 is 26.1 Å². The smallest absolute Gasteiger partial charge is 1.00 e. The van der Waals surface area contributed by atoms with Crippen molar-refractivity contribution in [3.05, 3.63) is 30.1 Å². The van der Waals surface area contributed by atoms with Crippen molar-refractivity contribution in [2.45, 2.75) is 31.8 Å². The minimum atomic E-state index is -0.258. The van der Waals surface area contributed by atoms with Crippen LogP contribution in [0.15, 0.2) is 18.2 Å². The van der Waals surface area contributed by atoms with Gasteiger partial charge in [-0.2, -0.15) is 6.07 Å². The summed E-state index contributed by atoms with van der Waals surface area (Å²) in [4.78, 5) is 0. The molecule has 0 saturated heterocycles. The van der Waals surface area contributed by atoms with Crippen LogP contribution in [0, 0.1) is 11.9 Å². The molecule has 0 N–H and O–H groups in total. The van der Waals surface area contributed by atoms with Gasteiger partial charge in [0.15, 0.2) is 0 Å². The Balaban J connectivity index is 0.000000980. The van der Waals surface area contributed by atoms with Gasteiger partial charge < -0.3 is 21.7 Å². The molecule has 1 aromatic rings. The number of ether oxygens (including phenoxy) is 1. The van der Waals surface area contributed by atoms with E-state index in [1.54, 1.807) is 6.07 Å². The molecular formula is C11H12BrFMgO. The van der Waals surface area contributed by atoms with Crippen molar-refractivity contribution in [3.63, 3.8) is 0 Å². The third-order valence-corrected chi connectivity index (χ3v) is 2.33. The van der Waals surface area contributed by atoms with Crippen molar-refractivity contribution >= 4 is 23.1 Å². The Morgan fingerprint density at radius 2 is 2.00 bits per heavy atom. The van der Waals surface area contributed by atoms with E-state index >= 15 is 0 Å². The topological polar surface area (TPSA) is 9.23 Å². The molecule has 1 nitrogen and oxygen atoms in total. The molecule has 0 unspecified atom stereocenters. The summed E-state index contributed by atoms with van der Waals surface area (Å²) in [7, 11) is 0. The van der Waals surface area contributed by atoms with Crippen LogP contribution in [0.1, 0.15) is 25.7 Å². The summed E-state index contributed by atoms with van der Waals surface area (Å²) in [6.07, 6.45) is 4.90. The molecule has 4 heteroatoms. The fourth-order valence-corrected chi connectivity index (χ4v) is 1.67. The molecule has 1 aromatic carbocycles. The molecule has 1 saturated carbocycles. The first kappa shape index (κ1) is 15.2. The van der Waals surface area contributed by atoms with Crippen molar-refractivity contribution in [2.75, 3.05) is 0 Å². The van der Waals surface area contributed by atoms with E-state index in [1.165, 1.54) is 25.0 Å². The zero-order valence-corrected chi connectivity index (χ0v) is 11.5. The van der Waals surface area contributed by atoms with Crippen LogP contribution in [-0.2, 0) is 0 Å². The molecule has 0 aromatic heterocycles. The maximum atomic E-state index is 12.7. The molecule has 1 aliphatic carbocycles. The number of rotatable bonds is 2. The van der Waals surface area contributed by atoms with E-state index in [9.17, 15) is 4.39 Å². The second-order valence-corrected chi connectivity index (χ2v) is 3.40. The molecule has 0 aliphatic heterocycles. The van der Waals surface area contributed by atoms with Crippen molar-refractivity contribution in [2.24, 2.45) is 0 Å². The van der Waals surface area contributed by atoms with E-state index in [-0.39, 0.29) is 52.0 Å². The Hall–Kier alpha value is 0.196. The van der Waals surface area contributed by atoms with Crippen molar-refractivity contribution in [3.8, 4) is 5.75 Å². The van der Waals surface area contributed by atoms with Gasteiger partial charge in [-0.15, -0.1) is 12.1 Å². The van der Waals surface area contributed by atoms with Gasteiger partial charge in [-0.1, -0.05) is 6.07 Å². The van der Waals surface area contributed by atoms with Crippen LogP contribution in [0.5, 0.6) is 5.75 Å². The van der Waals surface area contributed by atoms with Gasteiger partial charge in [-0.25, -0.2) is 4.39 Å². The number of hydrogen-bond acceptors (Lipinski definition) is 1. The van der Waals surface area contributed by atoms with E-state index in [2.05, 4.69) is 6.07 Å². The van der Waals surface area contributed by atoms with Crippen LogP contribution in [0.2, 0.25) is 0 Å². The predicted octanol–water partition coefficient (Wildman–Crippen LogP) is -0.430. The molecule has 0 heterocycles. The summed E-state index contributed by atoms with van der Waals surface area (Å²) in [5.74, 6) is 0.277. The quantitative estimate of drug-likeness (QED) is 0.529. The second-order valence-electron chi connectivity index (χ2n) is 3.40. The molecule has 0 bridgehead atoms. The Labute approximate surface area is 116 Å². The van der Waals surface area contributed by atoms with Gasteiger partial charge in [0.25, 0.3) is 0 Å². The zero-order chi connectivity index (χ0) is 9.10. The molecule has 1 aliphatic rings. The minimum absolute atomic E-state index is 0. The summed E-state index contributed by atoms with van der Waals surface area (Å²) in [5, 5.41) is 0. The molecule has 15 heavy (non-hydrogen) atoms. The van der Waals surface area contributed by atoms with Gasteiger partial charge in [0.2, 0.25) is 0 Å². The second kappa shape index (κ2) is 7.47. The summed E-state index contributed by atoms with van der Waals surface area (Å²) in [6, 6.07) is 7.19. The number of halogens is 2. The van der Waals surface area contributed by atoms with Gasteiger partial charge >= 0.3 is 23.1 Å². The normalized spacial score (nSPS) is 15.3. The standard InChI is InChI=1S/C11H12FO.BrH.Mg/c12-9-4-3-7-11(8-9)13-10-5-1-2-6-10;;/h3-4,8,10H,1-2,5-6H2;1H;/q-1;;+2/p-1. The average molecular weight is 283 g/mol. The molecule has 0 spiro atoms. The molecule has 1 fully saturated rings.